The summed E-state index contributed by atoms with van der Waals surface area (Å²) >= 11 is 8.82. The van der Waals surface area contributed by atoms with Crippen LogP contribution in [0.2, 0.25) is 0 Å². The summed E-state index contributed by atoms with van der Waals surface area (Å²) in [5.74, 6) is -1.87. The van der Waals surface area contributed by atoms with Crippen molar-refractivity contribution >= 4 is 39.4 Å². The van der Waals surface area contributed by atoms with Crippen LogP contribution in [-0.4, -0.2) is 22.9 Å². The summed E-state index contributed by atoms with van der Waals surface area (Å²) in [7, 11) is 0. The highest BCUT2D eigenvalue weighted by Gasteiger charge is 2.53. The second-order valence-corrected chi connectivity index (χ2v) is 5.76. The Morgan fingerprint density at radius 2 is 2.16 bits per heavy atom. The van der Waals surface area contributed by atoms with Gasteiger partial charge in [0.1, 0.15) is 5.88 Å². The van der Waals surface area contributed by atoms with E-state index in [-0.39, 0.29) is 11.8 Å². The molecule has 0 aromatic heterocycles. The maximum absolute atomic E-state index is 11.8. The van der Waals surface area contributed by atoms with Crippen molar-refractivity contribution in [2.45, 2.75) is 18.4 Å². The van der Waals surface area contributed by atoms with E-state index in [2.05, 4.69) is 21.2 Å². The molecule has 0 bridgehead atoms. The number of aliphatic carboxylic acids is 1. The van der Waals surface area contributed by atoms with Gasteiger partial charge in [-0.05, 0) is 36.5 Å². The molecule has 2 N–H and O–H groups in total. The molecule has 0 aliphatic heterocycles. The number of benzene rings is 1. The molecule has 1 amide bonds. The normalized spacial score (nSPS) is 17.6. The maximum Gasteiger partial charge on any atom is 0.334 e. The lowest BCUT2D eigenvalue weighted by Crippen LogP contribution is -2.54. The third kappa shape index (κ3) is 2.77. The Morgan fingerprint density at radius 1 is 1.47 bits per heavy atom. The highest BCUT2D eigenvalue weighted by Crippen LogP contribution is 2.46. The minimum Gasteiger partial charge on any atom is -0.479 e. The van der Waals surface area contributed by atoms with Crippen LogP contribution >= 0.6 is 27.5 Å². The molecular weight excluding hydrogens is 334 g/mol. The first-order valence-electron chi connectivity index (χ1n) is 5.87. The second kappa shape index (κ2) is 5.51. The number of carbonyl (C=O) groups is 2. The van der Waals surface area contributed by atoms with Gasteiger partial charge in [-0.25, -0.2) is 4.79 Å². The summed E-state index contributed by atoms with van der Waals surface area (Å²) in [6.07, 6.45) is 1.56. The van der Waals surface area contributed by atoms with Crippen LogP contribution in [0.25, 0.3) is 0 Å². The molecule has 0 spiro atoms. The Kier molecular flexibility index (Phi) is 4.16. The molecule has 2 rings (SSSR count). The van der Waals surface area contributed by atoms with Gasteiger partial charge in [-0.1, -0.05) is 28.1 Å². The van der Waals surface area contributed by atoms with Crippen molar-refractivity contribution in [3.8, 4) is 0 Å². The molecule has 1 atom stereocenters. The molecule has 0 heterocycles. The molecule has 1 fully saturated rings. The molecule has 1 aliphatic rings. The van der Waals surface area contributed by atoms with Crippen molar-refractivity contribution < 1.29 is 14.7 Å². The first kappa shape index (κ1) is 14.3. The summed E-state index contributed by atoms with van der Waals surface area (Å²) < 4.78 is 0.774. The average molecular weight is 347 g/mol. The van der Waals surface area contributed by atoms with E-state index >= 15 is 0 Å². The fraction of sp³-hybridized carbons (Fsp3) is 0.385. The number of carboxylic acid groups (broad SMARTS) is 1. The van der Waals surface area contributed by atoms with Crippen LogP contribution in [0.4, 0.5) is 0 Å². The first-order valence-corrected chi connectivity index (χ1v) is 7.20. The lowest BCUT2D eigenvalue weighted by atomic mass is 9.84. The van der Waals surface area contributed by atoms with Gasteiger partial charge in [0.25, 0.3) is 0 Å². The van der Waals surface area contributed by atoms with Crippen molar-refractivity contribution in [3.05, 3.63) is 34.3 Å². The molecule has 4 nitrogen and oxygen atoms in total. The molecular formula is C13H13BrClNO3. The van der Waals surface area contributed by atoms with Gasteiger partial charge in [0.15, 0.2) is 5.54 Å². The minimum atomic E-state index is -1.38. The summed E-state index contributed by atoms with van der Waals surface area (Å²) in [5.41, 5.74) is -0.814. The smallest absolute Gasteiger partial charge is 0.334 e. The van der Waals surface area contributed by atoms with Gasteiger partial charge in [-0.3, -0.25) is 4.79 Å². The lowest BCUT2D eigenvalue weighted by Gasteiger charge is -2.31. The quantitative estimate of drug-likeness (QED) is 0.805. The second-order valence-electron chi connectivity index (χ2n) is 4.58. The number of halogens is 2. The van der Waals surface area contributed by atoms with Crippen molar-refractivity contribution in [2.75, 3.05) is 5.88 Å². The third-order valence-electron chi connectivity index (χ3n) is 3.26. The monoisotopic (exact) mass is 345 g/mol. The largest absolute Gasteiger partial charge is 0.479 e. The summed E-state index contributed by atoms with van der Waals surface area (Å²) in [4.78, 5) is 23.4. The van der Waals surface area contributed by atoms with E-state index in [1.807, 2.05) is 6.07 Å². The molecule has 6 heteroatoms. The topological polar surface area (TPSA) is 66.4 Å². The van der Waals surface area contributed by atoms with E-state index in [9.17, 15) is 14.7 Å². The lowest BCUT2D eigenvalue weighted by molar-refractivity contribution is -0.149. The van der Waals surface area contributed by atoms with Gasteiger partial charge in [0.05, 0.1) is 0 Å². The number of alkyl halides is 1. The van der Waals surface area contributed by atoms with Crippen LogP contribution in [0.3, 0.4) is 0 Å². The van der Waals surface area contributed by atoms with Gasteiger partial charge in [-0.2, -0.15) is 0 Å². The number of carbonyl (C=O) groups excluding carboxylic acids is 1. The van der Waals surface area contributed by atoms with Crippen LogP contribution in [0.1, 0.15) is 18.4 Å². The van der Waals surface area contributed by atoms with Crippen LogP contribution < -0.4 is 5.32 Å². The van der Waals surface area contributed by atoms with Gasteiger partial charge >= 0.3 is 5.97 Å². The van der Waals surface area contributed by atoms with E-state index in [0.29, 0.717) is 5.56 Å². The SMILES string of the molecule is O=C(CCl)NC(C(=O)O)(c1cccc(Br)c1)C1CC1. The Bertz CT molecular complexity index is 518. The minimum absolute atomic E-state index is 0.0912. The predicted octanol–water partition coefficient (Wildman–Crippen LogP) is 2.49. The Balaban J connectivity index is 2.48. The maximum atomic E-state index is 11.8. The molecule has 0 radical (unpaired) electrons. The van der Waals surface area contributed by atoms with Gasteiger partial charge in [-0.15, -0.1) is 11.6 Å². The van der Waals surface area contributed by atoms with Gasteiger partial charge in [0.2, 0.25) is 5.91 Å². The molecule has 1 aromatic carbocycles. The summed E-state index contributed by atoms with van der Waals surface area (Å²) in [6, 6.07) is 7.01. The van der Waals surface area contributed by atoms with Crippen molar-refractivity contribution in [2.24, 2.45) is 5.92 Å². The Labute approximate surface area is 124 Å². The van der Waals surface area contributed by atoms with Crippen LogP contribution in [0.5, 0.6) is 0 Å². The standard InChI is InChI=1S/C13H13BrClNO3/c14-10-3-1-2-9(6-10)13(12(18)19,8-4-5-8)16-11(17)7-15/h1-3,6,8H,4-5,7H2,(H,16,17)(H,18,19). The molecule has 19 heavy (non-hydrogen) atoms. The van der Waals surface area contributed by atoms with Gasteiger partial charge in [0, 0.05) is 4.47 Å². The van der Waals surface area contributed by atoms with Gasteiger partial charge < -0.3 is 10.4 Å². The number of amides is 1. The van der Waals surface area contributed by atoms with E-state index in [1.165, 1.54) is 0 Å². The Morgan fingerprint density at radius 3 is 2.63 bits per heavy atom. The van der Waals surface area contributed by atoms with Crippen molar-refractivity contribution in [1.29, 1.82) is 0 Å². The molecule has 0 saturated heterocycles. The Hall–Kier alpha value is -1.07. The van der Waals surface area contributed by atoms with Crippen LogP contribution in [0.15, 0.2) is 28.7 Å². The van der Waals surface area contributed by atoms with E-state index in [0.717, 1.165) is 17.3 Å². The predicted molar refractivity (Wildman–Crippen MR) is 75.0 cm³/mol. The molecule has 102 valence electrons. The fourth-order valence-electron chi connectivity index (χ4n) is 2.26. The molecule has 1 aromatic rings. The summed E-state index contributed by atoms with van der Waals surface area (Å²) in [6.45, 7) is 0. The fourth-order valence-corrected chi connectivity index (χ4v) is 2.73. The summed E-state index contributed by atoms with van der Waals surface area (Å²) in [5, 5.41) is 12.2. The number of hydrogen-bond donors (Lipinski definition) is 2. The number of carboxylic acids is 1. The zero-order chi connectivity index (χ0) is 14.0. The highest BCUT2D eigenvalue weighted by atomic mass is 79.9. The molecule has 1 saturated carbocycles. The van der Waals surface area contributed by atoms with Crippen molar-refractivity contribution in [3.63, 3.8) is 0 Å². The van der Waals surface area contributed by atoms with Crippen molar-refractivity contribution in [1.82, 2.24) is 5.32 Å². The molecule has 1 aliphatic carbocycles. The van der Waals surface area contributed by atoms with E-state index < -0.39 is 17.4 Å². The average Bonchev–Trinajstić information content (AvgIpc) is 3.19. The first-order chi connectivity index (χ1) is 9.00. The number of hydrogen-bond acceptors (Lipinski definition) is 2. The third-order valence-corrected chi connectivity index (χ3v) is 4.00. The van der Waals surface area contributed by atoms with Crippen LogP contribution in [0, 0.1) is 5.92 Å². The zero-order valence-electron chi connectivity index (χ0n) is 10.0. The number of rotatable bonds is 5. The molecule has 1 unspecified atom stereocenters. The highest BCUT2D eigenvalue weighted by molar-refractivity contribution is 9.10. The zero-order valence-corrected chi connectivity index (χ0v) is 12.4. The number of nitrogens with one attached hydrogen (secondary N) is 1. The van der Waals surface area contributed by atoms with Crippen LogP contribution in [-0.2, 0) is 15.1 Å². The van der Waals surface area contributed by atoms with E-state index in [1.54, 1.807) is 18.2 Å². The van der Waals surface area contributed by atoms with E-state index in [4.69, 9.17) is 11.6 Å².